The molecule has 0 saturated heterocycles. The van der Waals surface area contributed by atoms with Gasteiger partial charge in [0.25, 0.3) is 0 Å². The van der Waals surface area contributed by atoms with Crippen molar-refractivity contribution in [1.29, 1.82) is 10.5 Å². The molecule has 0 aliphatic carbocycles. The molecule has 0 unspecified atom stereocenters. The van der Waals surface area contributed by atoms with Crippen molar-refractivity contribution in [1.82, 2.24) is 0 Å². The Morgan fingerprint density at radius 1 is 1.40 bits per heavy atom. The predicted molar refractivity (Wildman–Crippen MR) is 38.5 cm³/mol. The van der Waals surface area contributed by atoms with Crippen molar-refractivity contribution >= 4 is 11.3 Å². The van der Waals surface area contributed by atoms with Crippen LogP contribution < -0.4 is 0 Å². The number of hydrogen-bond acceptors (Lipinski definition) is 3. The first-order chi connectivity index (χ1) is 4.77. The summed E-state index contributed by atoms with van der Waals surface area (Å²) in [6.45, 7) is 1.84. The van der Waals surface area contributed by atoms with Gasteiger partial charge >= 0.3 is 0 Å². The first kappa shape index (κ1) is 6.80. The smallest absolute Gasteiger partial charge is 0.110 e. The summed E-state index contributed by atoms with van der Waals surface area (Å²) in [4.78, 5) is 1.52. The summed E-state index contributed by atoms with van der Waals surface area (Å²) >= 11 is 1.36. The second kappa shape index (κ2) is 2.51. The monoisotopic (exact) mass is 148 g/mol. The quantitative estimate of drug-likeness (QED) is 0.563. The third-order valence-electron chi connectivity index (χ3n) is 1.15. The summed E-state index contributed by atoms with van der Waals surface area (Å²) in [7, 11) is 0. The van der Waals surface area contributed by atoms with Gasteiger partial charge < -0.3 is 0 Å². The van der Waals surface area contributed by atoms with E-state index in [-0.39, 0.29) is 0 Å². The lowest BCUT2D eigenvalue weighted by molar-refractivity contribution is 1.47. The minimum Gasteiger partial charge on any atom is -0.192 e. The van der Waals surface area contributed by atoms with E-state index in [0.717, 1.165) is 4.88 Å². The van der Waals surface area contributed by atoms with E-state index >= 15 is 0 Å². The molecule has 1 rings (SSSR count). The zero-order valence-corrected chi connectivity index (χ0v) is 6.20. The van der Waals surface area contributed by atoms with Gasteiger partial charge in [-0.25, -0.2) is 0 Å². The molecule has 0 atom stereocenters. The molecule has 0 N–H and O–H groups in total. The van der Waals surface area contributed by atoms with Crippen molar-refractivity contribution in [2.24, 2.45) is 0 Å². The molecule has 48 valence electrons. The maximum absolute atomic E-state index is 8.47. The standard InChI is InChI=1S/C7H4N2S/c1-5-6(3-8)2-7(4-9)10-5/h2H,1H3. The van der Waals surface area contributed by atoms with Crippen LogP contribution in [0.2, 0.25) is 0 Å². The SMILES string of the molecule is Cc1sc(C#N)cc1C#N. The number of thiophene rings is 1. The van der Waals surface area contributed by atoms with Gasteiger partial charge in [0.2, 0.25) is 0 Å². The van der Waals surface area contributed by atoms with Crippen molar-refractivity contribution < 1.29 is 0 Å². The fourth-order valence-corrected chi connectivity index (χ4v) is 1.42. The van der Waals surface area contributed by atoms with Crippen LogP contribution in [0, 0.1) is 29.6 Å². The highest BCUT2D eigenvalue weighted by Gasteiger charge is 2.02. The normalized spacial score (nSPS) is 8.30. The third-order valence-corrected chi connectivity index (χ3v) is 2.10. The van der Waals surface area contributed by atoms with Gasteiger partial charge in [-0.05, 0) is 13.0 Å². The van der Waals surface area contributed by atoms with Gasteiger partial charge in [-0.2, -0.15) is 10.5 Å². The number of nitriles is 2. The molecule has 1 aromatic rings. The molecule has 3 heteroatoms. The highest BCUT2D eigenvalue weighted by molar-refractivity contribution is 7.12. The molecular weight excluding hydrogens is 144 g/mol. The van der Waals surface area contributed by atoms with Gasteiger partial charge in [0.1, 0.15) is 17.0 Å². The van der Waals surface area contributed by atoms with E-state index in [1.807, 2.05) is 19.1 Å². The van der Waals surface area contributed by atoms with Gasteiger partial charge in [0.15, 0.2) is 0 Å². The lowest BCUT2D eigenvalue weighted by Crippen LogP contribution is -1.66. The zero-order chi connectivity index (χ0) is 7.56. The van der Waals surface area contributed by atoms with Gasteiger partial charge in [0, 0.05) is 4.88 Å². The summed E-state index contributed by atoms with van der Waals surface area (Å²) in [5.41, 5.74) is 0.613. The van der Waals surface area contributed by atoms with Gasteiger partial charge in [-0.15, -0.1) is 11.3 Å². The van der Waals surface area contributed by atoms with Crippen LogP contribution in [0.15, 0.2) is 6.07 Å². The molecular formula is C7H4N2S. The summed E-state index contributed by atoms with van der Waals surface area (Å²) in [6, 6.07) is 5.61. The minimum atomic E-state index is 0.606. The van der Waals surface area contributed by atoms with E-state index < -0.39 is 0 Å². The molecule has 0 aliphatic heterocycles. The van der Waals surface area contributed by atoms with Gasteiger partial charge in [0.05, 0.1) is 5.56 Å². The topological polar surface area (TPSA) is 47.6 Å². The zero-order valence-electron chi connectivity index (χ0n) is 5.38. The van der Waals surface area contributed by atoms with Crippen molar-refractivity contribution in [3.05, 3.63) is 21.4 Å². The molecule has 0 radical (unpaired) electrons. The van der Waals surface area contributed by atoms with E-state index in [4.69, 9.17) is 10.5 Å². The van der Waals surface area contributed by atoms with Crippen LogP contribution in [0.1, 0.15) is 15.3 Å². The predicted octanol–water partition coefficient (Wildman–Crippen LogP) is 1.80. The molecule has 0 aliphatic rings. The van der Waals surface area contributed by atoms with Gasteiger partial charge in [-0.3, -0.25) is 0 Å². The van der Waals surface area contributed by atoms with Crippen LogP contribution in [0.3, 0.4) is 0 Å². The Morgan fingerprint density at radius 2 is 2.10 bits per heavy atom. The first-order valence-electron chi connectivity index (χ1n) is 2.68. The fraction of sp³-hybridized carbons (Fsp3) is 0.143. The lowest BCUT2D eigenvalue weighted by Gasteiger charge is -1.76. The fourth-order valence-electron chi connectivity index (χ4n) is 0.648. The van der Waals surface area contributed by atoms with Crippen molar-refractivity contribution in [2.75, 3.05) is 0 Å². The summed E-state index contributed by atoms with van der Waals surface area (Å²) in [5.74, 6) is 0. The van der Waals surface area contributed by atoms with Crippen molar-refractivity contribution in [3.8, 4) is 12.1 Å². The molecule has 0 aromatic carbocycles. The van der Waals surface area contributed by atoms with Crippen LogP contribution in [-0.4, -0.2) is 0 Å². The maximum Gasteiger partial charge on any atom is 0.110 e. The number of nitrogens with zero attached hydrogens (tertiary/aromatic N) is 2. The molecule has 2 nitrogen and oxygen atoms in total. The average molecular weight is 148 g/mol. The Hall–Kier alpha value is -1.32. The van der Waals surface area contributed by atoms with E-state index in [1.165, 1.54) is 11.3 Å². The van der Waals surface area contributed by atoms with Crippen LogP contribution in [0.25, 0.3) is 0 Å². The highest BCUT2D eigenvalue weighted by Crippen LogP contribution is 2.19. The molecule has 0 spiro atoms. The molecule has 0 fully saturated rings. The minimum absolute atomic E-state index is 0.606. The van der Waals surface area contributed by atoms with E-state index in [1.54, 1.807) is 6.07 Å². The number of aryl methyl sites for hydroxylation is 1. The number of rotatable bonds is 0. The van der Waals surface area contributed by atoms with Crippen molar-refractivity contribution in [2.45, 2.75) is 6.92 Å². The summed E-state index contributed by atoms with van der Waals surface area (Å²) in [6.07, 6.45) is 0. The molecule has 10 heavy (non-hydrogen) atoms. The van der Waals surface area contributed by atoms with Gasteiger partial charge in [-0.1, -0.05) is 0 Å². The highest BCUT2D eigenvalue weighted by atomic mass is 32.1. The molecule has 0 saturated carbocycles. The second-order valence-electron chi connectivity index (χ2n) is 1.80. The molecule has 0 bridgehead atoms. The largest absolute Gasteiger partial charge is 0.192 e. The Labute approximate surface area is 63.0 Å². The number of hydrogen-bond donors (Lipinski definition) is 0. The van der Waals surface area contributed by atoms with Crippen LogP contribution >= 0.6 is 11.3 Å². The van der Waals surface area contributed by atoms with Crippen LogP contribution in [-0.2, 0) is 0 Å². The van der Waals surface area contributed by atoms with Crippen LogP contribution in [0.4, 0.5) is 0 Å². The van der Waals surface area contributed by atoms with Crippen LogP contribution in [0.5, 0.6) is 0 Å². The molecule has 1 heterocycles. The first-order valence-corrected chi connectivity index (χ1v) is 3.50. The summed E-state index contributed by atoms with van der Waals surface area (Å²) in [5, 5.41) is 16.9. The lowest BCUT2D eigenvalue weighted by atomic mass is 10.3. The Balaban J connectivity index is 3.23. The van der Waals surface area contributed by atoms with E-state index in [9.17, 15) is 0 Å². The maximum atomic E-state index is 8.47. The summed E-state index contributed by atoms with van der Waals surface area (Å²) < 4.78 is 0. The van der Waals surface area contributed by atoms with E-state index in [0.29, 0.717) is 10.4 Å². The second-order valence-corrected chi connectivity index (χ2v) is 3.06. The van der Waals surface area contributed by atoms with Crippen molar-refractivity contribution in [3.63, 3.8) is 0 Å². The Bertz CT molecular complexity index is 324. The molecule has 0 amide bonds. The third kappa shape index (κ3) is 1.00. The molecule has 1 aromatic heterocycles. The Kier molecular flexibility index (Phi) is 1.71. The average Bonchev–Trinajstić information content (AvgIpc) is 2.30. The van der Waals surface area contributed by atoms with E-state index in [2.05, 4.69) is 0 Å². The Morgan fingerprint density at radius 3 is 2.40 bits per heavy atom.